The zero-order chi connectivity index (χ0) is 13.9. The number of hydrogen-bond acceptors (Lipinski definition) is 2. The molecule has 0 aliphatic heterocycles. The van der Waals surface area contributed by atoms with Gasteiger partial charge in [0.25, 0.3) is 0 Å². The van der Waals surface area contributed by atoms with Crippen molar-refractivity contribution in [3.8, 4) is 5.75 Å². The van der Waals surface area contributed by atoms with Crippen LogP contribution in [-0.2, 0) is 5.41 Å². The molecule has 2 unspecified atom stereocenters. The summed E-state index contributed by atoms with van der Waals surface area (Å²) in [7, 11) is 0. The molecule has 19 heavy (non-hydrogen) atoms. The molecule has 1 aliphatic rings. The summed E-state index contributed by atoms with van der Waals surface area (Å²) in [5, 5.41) is 3.50. The molecule has 1 N–H and O–H groups in total. The van der Waals surface area contributed by atoms with Gasteiger partial charge in [0, 0.05) is 12.0 Å². The van der Waals surface area contributed by atoms with Gasteiger partial charge in [0.05, 0.1) is 6.61 Å². The highest BCUT2D eigenvalue weighted by Gasteiger charge is 2.51. The number of ether oxygens (including phenoxy) is 1. The summed E-state index contributed by atoms with van der Waals surface area (Å²) in [6, 6.07) is 8.74. The molecule has 1 aliphatic carbocycles. The van der Waals surface area contributed by atoms with E-state index in [1.54, 1.807) is 0 Å². The van der Waals surface area contributed by atoms with E-state index in [1.165, 1.54) is 12.0 Å². The Kier molecular flexibility index (Phi) is 4.51. The Bertz CT molecular complexity index is 398. The first kappa shape index (κ1) is 14.4. The minimum Gasteiger partial charge on any atom is -0.493 e. The maximum Gasteiger partial charge on any atom is 0.119 e. The quantitative estimate of drug-likeness (QED) is 0.809. The highest BCUT2D eigenvalue weighted by Crippen LogP contribution is 2.53. The SMILES string of the molecule is CCNCC1(c2ccc(OCC(C)C)cc2)CC1C. The summed E-state index contributed by atoms with van der Waals surface area (Å²) in [6.45, 7) is 11.8. The predicted octanol–water partition coefficient (Wildman–Crippen LogP) is 3.61. The molecule has 0 heterocycles. The third-order valence-corrected chi connectivity index (χ3v) is 4.16. The summed E-state index contributed by atoms with van der Waals surface area (Å²) < 4.78 is 5.75. The summed E-state index contributed by atoms with van der Waals surface area (Å²) in [4.78, 5) is 0. The van der Waals surface area contributed by atoms with Crippen LogP contribution >= 0.6 is 0 Å². The zero-order valence-electron chi connectivity index (χ0n) is 12.7. The van der Waals surface area contributed by atoms with Crippen LogP contribution in [0.15, 0.2) is 24.3 Å². The molecule has 0 radical (unpaired) electrons. The molecule has 2 atom stereocenters. The number of hydrogen-bond donors (Lipinski definition) is 1. The van der Waals surface area contributed by atoms with Gasteiger partial charge in [-0.05, 0) is 42.5 Å². The van der Waals surface area contributed by atoms with Gasteiger partial charge in [-0.2, -0.15) is 0 Å². The van der Waals surface area contributed by atoms with Gasteiger partial charge in [-0.25, -0.2) is 0 Å². The van der Waals surface area contributed by atoms with Gasteiger partial charge in [0.1, 0.15) is 5.75 Å². The minimum atomic E-state index is 0.368. The molecular formula is C17H27NO. The second-order valence-electron chi connectivity index (χ2n) is 6.27. The molecule has 0 bridgehead atoms. The minimum absolute atomic E-state index is 0.368. The Morgan fingerprint density at radius 2 is 1.95 bits per heavy atom. The molecule has 2 rings (SSSR count). The predicted molar refractivity (Wildman–Crippen MR) is 80.8 cm³/mol. The van der Waals surface area contributed by atoms with E-state index in [0.29, 0.717) is 11.3 Å². The van der Waals surface area contributed by atoms with Gasteiger partial charge in [0.2, 0.25) is 0 Å². The fraction of sp³-hybridized carbons (Fsp3) is 0.647. The first-order chi connectivity index (χ1) is 9.08. The van der Waals surface area contributed by atoms with Gasteiger partial charge >= 0.3 is 0 Å². The summed E-state index contributed by atoms with van der Waals surface area (Å²) in [5.41, 5.74) is 1.82. The van der Waals surface area contributed by atoms with Crippen LogP contribution in [0.1, 0.15) is 39.7 Å². The van der Waals surface area contributed by atoms with Gasteiger partial charge in [-0.3, -0.25) is 0 Å². The molecule has 2 heteroatoms. The van der Waals surface area contributed by atoms with E-state index in [2.05, 4.69) is 57.3 Å². The van der Waals surface area contributed by atoms with Crippen LogP contribution in [0.3, 0.4) is 0 Å². The van der Waals surface area contributed by atoms with E-state index in [0.717, 1.165) is 31.4 Å². The maximum absolute atomic E-state index is 5.75. The summed E-state index contributed by atoms with van der Waals surface area (Å²) in [6.07, 6.45) is 1.30. The van der Waals surface area contributed by atoms with Crippen molar-refractivity contribution in [3.63, 3.8) is 0 Å². The van der Waals surface area contributed by atoms with Crippen LogP contribution in [-0.4, -0.2) is 19.7 Å². The molecule has 0 saturated heterocycles. The highest BCUT2D eigenvalue weighted by atomic mass is 16.5. The summed E-state index contributed by atoms with van der Waals surface area (Å²) in [5.74, 6) is 2.35. The van der Waals surface area contributed by atoms with E-state index in [4.69, 9.17) is 4.74 Å². The van der Waals surface area contributed by atoms with Crippen LogP contribution in [0.4, 0.5) is 0 Å². The Morgan fingerprint density at radius 1 is 1.32 bits per heavy atom. The van der Waals surface area contributed by atoms with Gasteiger partial charge in [-0.1, -0.05) is 39.8 Å². The van der Waals surface area contributed by atoms with Gasteiger partial charge < -0.3 is 10.1 Å². The lowest BCUT2D eigenvalue weighted by Gasteiger charge is -2.18. The third kappa shape index (κ3) is 3.30. The first-order valence-electron chi connectivity index (χ1n) is 7.52. The third-order valence-electron chi connectivity index (χ3n) is 4.16. The van der Waals surface area contributed by atoms with Crippen molar-refractivity contribution in [1.82, 2.24) is 5.32 Å². The topological polar surface area (TPSA) is 21.3 Å². The van der Waals surface area contributed by atoms with E-state index in [-0.39, 0.29) is 0 Å². The summed E-state index contributed by atoms with van der Waals surface area (Å²) >= 11 is 0. The van der Waals surface area contributed by atoms with Crippen molar-refractivity contribution < 1.29 is 4.74 Å². The normalized spacial score (nSPS) is 25.6. The van der Waals surface area contributed by atoms with Crippen molar-refractivity contribution in [2.45, 2.75) is 39.5 Å². The lowest BCUT2D eigenvalue weighted by Crippen LogP contribution is -2.28. The van der Waals surface area contributed by atoms with E-state index in [1.807, 2.05) is 0 Å². The average molecular weight is 261 g/mol. The molecule has 1 fully saturated rings. The molecule has 2 nitrogen and oxygen atoms in total. The van der Waals surface area contributed by atoms with Crippen LogP contribution in [0.5, 0.6) is 5.75 Å². The molecule has 0 aromatic heterocycles. The Hall–Kier alpha value is -1.02. The standard InChI is InChI=1S/C17H27NO/c1-5-18-12-17(10-14(17)4)15-6-8-16(9-7-15)19-11-13(2)3/h6-9,13-14,18H,5,10-12H2,1-4H3. The highest BCUT2D eigenvalue weighted by molar-refractivity contribution is 5.38. The fourth-order valence-corrected chi connectivity index (χ4v) is 2.73. The first-order valence-corrected chi connectivity index (χ1v) is 7.52. The number of nitrogens with one attached hydrogen (secondary N) is 1. The van der Waals surface area contributed by atoms with Crippen molar-refractivity contribution in [1.29, 1.82) is 0 Å². The second kappa shape index (κ2) is 5.96. The Labute approximate surface area is 117 Å². The maximum atomic E-state index is 5.75. The van der Waals surface area contributed by atoms with E-state index < -0.39 is 0 Å². The number of rotatable bonds is 7. The van der Waals surface area contributed by atoms with Crippen molar-refractivity contribution in [2.75, 3.05) is 19.7 Å². The number of likely N-dealkylation sites (N-methyl/N-ethyl adjacent to an activating group) is 1. The molecule has 0 spiro atoms. The lowest BCUT2D eigenvalue weighted by atomic mass is 9.93. The lowest BCUT2D eigenvalue weighted by molar-refractivity contribution is 0.271. The second-order valence-corrected chi connectivity index (χ2v) is 6.27. The average Bonchev–Trinajstić information content (AvgIpc) is 3.06. The molecular weight excluding hydrogens is 234 g/mol. The number of benzene rings is 1. The van der Waals surface area contributed by atoms with Crippen LogP contribution in [0.25, 0.3) is 0 Å². The van der Waals surface area contributed by atoms with E-state index in [9.17, 15) is 0 Å². The fourth-order valence-electron chi connectivity index (χ4n) is 2.73. The molecule has 0 amide bonds. The molecule has 1 aromatic carbocycles. The largest absolute Gasteiger partial charge is 0.493 e. The molecule has 1 aromatic rings. The zero-order valence-corrected chi connectivity index (χ0v) is 12.7. The van der Waals surface area contributed by atoms with Crippen molar-refractivity contribution in [2.24, 2.45) is 11.8 Å². The van der Waals surface area contributed by atoms with Gasteiger partial charge in [0.15, 0.2) is 0 Å². The van der Waals surface area contributed by atoms with Crippen LogP contribution in [0.2, 0.25) is 0 Å². The van der Waals surface area contributed by atoms with Crippen LogP contribution < -0.4 is 10.1 Å². The smallest absolute Gasteiger partial charge is 0.119 e. The monoisotopic (exact) mass is 261 g/mol. The van der Waals surface area contributed by atoms with Crippen molar-refractivity contribution >= 4 is 0 Å². The van der Waals surface area contributed by atoms with Crippen LogP contribution in [0, 0.1) is 11.8 Å². The molecule has 106 valence electrons. The van der Waals surface area contributed by atoms with Gasteiger partial charge in [-0.15, -0.1) is 0 Å². The van der Waals surface area contributed by atoms with Crippen molar-refractivity contribution in [3.05, 3.63) is 29.8 Å². The Morgan fingerprint density at radius 3 is 2.42 bits per heavy atom. The Balaban J connectivity index is 2.01. The van der Waals surface area contributed by atoms with E-state index >= 15 is 0 Å². The molecule has 1 saturated carbocycles.